The zero-order valence-corrected chi connectivity index (χ0v) is 24.6. The predicted molar refractivity (Wildman–Crippen MR) is 155 cm³/mol. The molecule has 1 saturated heterocycles. The molecule has 2 aliphatic rings. The molecule has 5 rings (SSSR count). The number of halogens is 1. The van der Waals surface area contributed by atoms with Crippen LogP contribution >= 0.6 is 11.6 Å². The molecule has 3 aromatic rings. The van der Waals surface area contributed by atoms with Crippen LogP contribution in [0.3, 0.4) is 0 Å². The maximum atomic E-state index is 12.7. The fourth-order valence-corrected chi connectivity index (χ4v) is 5.63. The Morgan fingerprint density at radius 2 is 2.02 bits per heavy atom. The van der Waals surface area contributed by atoms with Crippen molar-refractivity contribution < 1.29 is 23.8 Å². The van der Waals surface area contributed by atoms with E-state index < -0.39 is 6.10 Å². The van der Waals surface area contributed by atoms with E-state index in [1.165, 1.54) is 12.7 Å². The van der Waals surface area contributed by atoms with Gasteiger partial charge in [0, 0.05) is 58.3 Å². The largest absolute Gasteiger partial charge is 0.484 e. The molecule has 12 nitrogen and oxygen atoms in total. The lowest BCUT2D eigenvalue weighted by molar-refractivity contribution is -0.129. The van der Waals surface area contributed by atoms with Crippen LogP contribution in [-0.2, 0) is 24.4 Å². The highest BCUT2D eigenvalue weighted by Gasteiger charge is 2.24. The number of carbonyl (C=O) groups is 2. The number of piperidine rings is 1. The highest BCUT2D eigenvalue weighted by molar-refractivity contribution is 6.33. The molecule has 0 unspecified atom stereocenters. The number of ether oxygens (including phenoxy) is 1. The lowest BCUT2D eigenvalue weighted by Crippen LogP contribution is -2.42. The summed E-state index contributed by atoms with van der Waals surface area (Å²) < 4.78 is 11.2. The number of aromatic nitrogens is 3. The van der Waals surface area contributed by atoms with Crippen molar-refractivity contribution in [1.29, 1.82) is 0 Å². The van der Waals surface area contributed by atoms with Crippen LogP contribution in [0.4, 0.5) is 5.82 Å². The second-order valence-electron chi connectivity index (χ2n) is 10.7. The van der Waals surface area contributed by atoms with Crippen molar-refractivity contribution in [2.75, 3.05) is 38.0 Å². The van der Waals surface area contributed by atoms with Crippen molar-refractivity contribution in [2.24, 2.45) is 0 Å². The fourth-order valence-electron chi connectivity index (χ4n) is 5.30. The number of benzene rings is 1. The zero-order chi connectivity index (χ0) is 29.6. The molecule has 0 saturated carbocycles. The summed E-state index contributed by atoms with van der Waals surface area (Å²) in [5, 5.41) is 17.4. The minimum Gasteiger partial charge on any atom is -0.484 e. The van der Waals surface area contributed by atoms with Crippen LogP contribution in [-0.4, -0.2) is 86.5 Å². The summed E-state index contributed by atoms with van der Waals surface area (Å²) in [4.78, 5) is 40.7. The Bertz CT molecular complexity index is 1410. The van der Waals surface area contributed by atoms with Gasteiger partial charge in [0.25, 0.3) is 5.91 Å². The van der Waals surface area contributed by atoms with Crippen LogP contribution in [0.5, 0.6) is 5.75 Å². The first-order valence-corrected chi connectivity index (χ1v) is 14.5. The number of aryl methyl sites for hydroxylation is 1. The van der Waals surface area contributed by atoms with Crippen molar-refractivity contribution >= 4 is 29.2 Å². The van der Waals surface area contributed by atoms with Gasteiger partial charge in [0.05, 0.1) is 16.8 Å². The van der Waals surface area contributed by atoms with Gasteiger partial charge in [-0.05, 0) is 43.4 Å². The fraction of sp³-hybridized carbons (Fsp3) is 0.483. The van der Waals surface area contributed by atoms with E-state index in [-0.39, 0.29) is 36.7 Å². The molecule has 42 heavy (non-hydrogen) atoms. The number of β-amino-alcohol motifs (C(OH)–C–C–N with tert-alkyl or cyclic N) is 1. The van der Waals surface area contributed by atoms with Gasteiger partial charge in [-0.15, -0.1) is 0 Å². The maximum Gasteiger partial charge on any atom is 0.270 e. The van der Waals surface area contributed by atoms with Gasteiger partial charge in [0.2, 0.25) is 5.91 Å². The van der Waals surface area contributed by atoms with Gasteiger partial charge in [-0.3, -0.25) is 14.5 Å². The van der Waals surface area contributed by atoms with Crippen molar-refractivity contribution in [3.8, 4) is 5.75 Å². The molecule has 3 N–H and O–H groups in total. The van der Waals surface area contributed by atoms with Crippen LogP contribution in [0.2, 0.25) is 5.02 Å². The quantitative estimate of drug-likeness (QED) is 0.319. The molecule has 2 aliphatic heterocycles. The van der Waals surface area contributed by atoms with Crippen LogP contribution in [0.15, 0.2) is 35.3 Å². The average molecular weight is 598 g/mol. The Balaban J connectivity index is 1.08. The highest BCUT2D eigenvalue weighted by Crippen LogP contribution is 2.34. The first kappa shape index (κ1) is 29.7. The molecule has 2 amide bonds. The Hall–Kier alpha value is -3.74. The molecular formula is C29H36ClN7O5. The molecule has 4 heterocycles. The molecule has 1 fully saturated rings. The molecular weight excluding hydrogens is 562 g/mol. The highest BCUT2D eigenvalue weighted by atomic mass is 35.5. The molecule has 0 bridgehead atoms. The number of hydrogen-bond acceptors (Lipinski definition) is 10. The van der Waals surface area contributed by atoms with Crippen molar-refractivity contribution in [1.82, 2.24) is 30.1 Å². The van der Waals surface area contributed by atoms with Gasteiger partial charge >= 0.3 is 0 Å². The molecule has 13 heteroatoms. The average Bonchev–Trinajstić information content (AvgIpc) is 3.40. The van der Waals surface area contributed by atoms with Crippen LogP contribution in [0.1, 0.15) is 52.8 Å². The number of aliphatic hydroxyl groups is 1. The summed E-state index contributed by atoms with van der Waals surface area (Å²) in [5.41, 5.74) is 3.13. The third kappa shape index (κ3) is 7.36. The van der Waals surface area contributed by atoms with Crippen LogP contribution in [0, 0.1) is 6.92 Å². The number of anilines is 1. The number of likely N-dealkylation sites (tertiary alicyclic amines) is 1. The number of fused-ring (bicyclic) bond motifs is 1. The van der Waals surface area contributed by atoms with E-state index in [4.69, 9.17) is 20.8 Å². The summed E-state index contributed by atoms with van der Waals surface area (Å²) in [6.45, 7) is 6.92. The molecule has 0 spiro atoms. The van der Waals surface area contributed by atoms with Crippen LogP contribution in [0.25, 0.3) is 0 Å². The standard InChI is InChI=1S/C29H36ClN7O5/c1-18-26(42-17-34-18)15-41-25-4-3-20-13-36(8-7-23(20)28(25)30)14-22(39)12-31-29(40)24-11-27(33-16-32-24)35-21-5-9-37(10-6-21)19(2)38/h3-4,11,16-17,21-22,39H,5-10,12-15H2,1-2H3,(H,31,40)(H,32,33,35)/t22-/m0/s1. The molecule has 0 aliphatic carbocycles. The van der Waals surface area contributed by atoms with E-state index in [1.807, 2.05) is 24.0 Å². The lowest BCUT2D eigenvalue weighted by atomic mass is 9.99. The zero-order valence-electron chi connectivity index (χ0n) is 23.8. The summed E-state index contributed by atoms with van der Waals surface area (Å²) in [7, 11) is 0. The summed E-state index contributed by atoms with van der Waals surface area (Å²) >= 11 is 6.67. The minimum atomic E-state index is -0.760. The topological polar surface area (TPSA) is 146 Å². The van der Waals surface area contributed by atoms with Gasteiger partial charge in [-0.2, -0.15) is 0 Å². The minimum absolute atomic E-state index is 0.0843. The second kappa shape index (κ2) is 13.5. The molecule has 0 radical (unpaired) electrons. The first-order valence-electron chi connectivity index (χ1n) is 14.1. The summed E-state index contributed by atoms with van der Waals surface area (Å²) in [5.74, 6) is 1.53. The Morgan fingerprint density at radius 1 is 1.21 bits per heavy atom. The second-order valence-corrected chi connectivity index (χ2v) is 11.1. The maximum absolute atomic E-state index is 12.7. The Kier molecular flexibility index (Phi) is 9.55. The smallest absolute Gasteiger partial charge is 0.270 e. The molecule has 2 aromatic heterocycles. The summed E-state index contributed by atoms with van der Waals surface area (Å²) in [6.07, 6.45) is 4.32. The van der Waals surface area contributed by atoms with Gasteiger partial charge in [-0.25, -0.2) is 15.0 Å². The predicted octanol–water partition coefficient (Wildman–Crippen LogP) is 2.58. The van der Waals surface area contributed by atoms with Gasteiger partial charge in [0.15, 0.2) is 12.2 Å². The van der Waals surface area contributed by atoms with Gasteiger partial charge in [-0.1, -0.05) is 17.7 Å². The normalized spacial score (nSPS) is 16.5. The van der Waals surface area contributed by atoms with Crippen LogP contribution < -0.4 is 15.4 Å². The van der Waals surface area contributed by atoms with E-state index in [2.05, 4.69) is 30.5 Å². The lowest BCUT2D eigenvalue weighted by Gasteiger charge is -2.32. The number of amides is 2. The first-order chi connectivity index (χ1) is 20.3. The molecule has 224 valence electrons. The number of aliphatic hydroxyl groups excluding tert-OH is 1. The number of hydrogen-bond donors (Lipinski definition) is 3. The van der Waals surface area contributed by atoms with Gasteiger partial charge in [0.1, 0.15) is 30.2 Å². The number of nitrogens with zero attached hydrogens (tertiary/aromatic N) is 5. The SMILES string of the molecule is CC(=O)N1CCC(Nc2cc(C(=O)NC[C@H](O)CN3CCc4c(ccc(OCc5ocnc5C)c4Cl)C3)ncn2)CC1. The summed E-state index contributed by atoms with van der Waals surface area (Å²) in [6, 6.07) is 5.62. The monoisotopic (exact) mass is 597 g/mol. The number of nitrogens with one attached hydrogen (secondary N) is 2. The van der Waals surface area contributed by atoms with E-state index in [0.717, 1.165) is 36.1 Å². The van der Waals surface area contributed by atoms with E-state index in [0.29, 0.717) is 55.1 Å². The number of oxazole rings is 1. The van der Waals surface area contributed by atoms with E-state index in [1.54, 1.807) is 13.0 Å². The number of rotatable bonds is 10. The Labute approximate surface area is 249 Å². The number of carbonyl (C=O) groups excluding carboxylic acids is 2. The van der Waals surface area contributed by atoms with Crippen molar-refractivity contribution in [3.63, 3.8) is 0 Å². The van der Waals surface area contributed by atoms with E-state index in [9.17, 15) is 14.7 Å². The Morgan fingerprint density at radius 3 is 2.76 bits per heavy atom. The third-order valence-electron chi connectivity index (χ3n) is 7.74. The third-order valence-corrected chi connectivity index (χ3v) is 8.15. The van der Waals surface area contributed by atoms with Crippen molar-refractivity contribution in [3.05, 3.63) is 64.2 Å². The molecule has 1 aromatic carbocycles. The van der Waals surface area contributed by atoms with E-state index >= 15 is 0 Å². The van der Waals surface area contributed by atoms with Gasteiger partial charge < -0.3 is 29.8 Å². The molecule has 1 atom stereocenters. The van der Waals surface area contributed by atoms with Crippen molar-refractivity contribution in [2.45, 2.75) is 58.4 Å².